The summed E-state index contributed by atoms with van der Waals surface area (Å²) < 4.78 is 5.15. The first-order chi connectivity index (χ1) is 5.07. The van der Waals surface area contributed by atoms with Crippen molar-refractivity contribution >= 4 is 17.3 Å². The van der Waals surface area contributed by atoms with Gasteiger partial charge in [0, 0.05) is 0 Å². The van der Waals surface area contributed by atoms with E-state index < -0.39 is 6.10 Å². The number of hydrogen-bond donors (Lipinski definition) is 1. The molecule has 1 unspecified atom stereocenters. The van der Waals surface area contributed by atoms with E-state index in [1.807, 2.05) is 20.8 Å². The fourth-order valence-electron chi connectivity index (χ4n) is 0.702. The number of aliphatic hydroxyl groups excluding tert-OH is 1. The predicted molar refractivity (Wildman–Crippen MR) is 49.7 cm³/mol. The quantitative estimate of drug-likeness (QED) is 0.663. The second kappa shape index (κ2) is 5.49. The third kappa shape index (κ3) is 5.16. The monoisotopic (exact) mass is 176 g/mol. The van der Waals surface area contributed by atoms with Gasteiger partial charge < -0.3 is 9.84 Å². The fourth-order valence-corrected chi connectivity index (χ4v) is 1.01. The van der Waals surface area contributed by atoms with Gasteiger partial charge in [-0.25, -0.2) is 0 Å². The van der Waals surface area contributed by atoms with Gasteiger partial charge in [-0.2, -0.15) is 0 Å². The summed E-state index contributed by atoms with van der Waals surface area (Å²) in [5.74, 6) is 0. The van der Waals surface area contributed by atoms with E-state index in [4.69, 9.17) is 17.0 Å². The second-order valence-corrected chi connectivity index (χ2v) is 3.19. The largest absolute Gasteiger partial charge is 0.482 e. The predicted octanol–water partition coefficient (Wildman–Crippen LogP) is 1.90. The van der Waals surface area contributed by atoms with E-state index in [0.29, 0.717) is 11.5 Å². The Morgan fingerprint density at radius 2 is 2.09 bits per heavy atom. The molecule has 0 aromatic heterocycles. The molecule has 2 nitrogen and oxygen atoms in total. The summed E-state index contributed by atoms with van der Waals surface area (Å²) in [6.07, 6.45) is 1.10. The van der Waals surface area contributed by atoms with Crippen molar-refractivity contribution in [2.45, 2.75) is 45.8 Å². The molecule has 0 saturated carbocycles. The number of rotatable bonds is 4. The van der Waals surface area contributed by atoms with Crippen LogP contribution in [0.2, 0.25) is 0 Å². The topological polar surface area (TPSA) is 29.5 Å². The van der Waals surface area contributed by atoms with Gasteiger partial charge in [0.05, 0.1) is 6.10 Å². The van der Waals surface area contributed by atoms with Crippen LogP contribution >= 0.6 is 12.2 Å². The highest BCUT2D eigenvalue weighted by Crippen LogP contribution is 2.02. The molecule has 3 heteroatoms. The molecule has 0 amide bonds. The van der Waals surface area contributed by atoms with Crippen LogP contribution in [0.4, 0.5) is 0 Å². The van der Waals surface area contributed by atoms with Crippen LogP contribution in [0, 0.1) is 0 Å². The molecular formula is C8H16O2S. The van der Waals surface area contributed by atoms with Gasteiger partial charge in [-0.15, -0.1) is 0 Å². The minimum atomic E-state index is -0.572. The van der Waals surface area contributed by atoms with Crippen molar-refractivity contribution in [3.8, 4) is 0 Å². The maximum atomic E-state index is 9.30. The van der Waals surface area contributed by atoms with E-state index in [9.17, 15) is 5.11 Å². The smallest absolute Gasteiger partial charge is 0.188 e. The molecule has 11 heavy (non-hydrogen) atoms. The van der Waals surface area contributed by atoms with Gasteiger partial charge in [0.25, 0.3) is 0 Å². The first-order valence-electron chi connectivity index (χ1n) is 3.96. The Balaban J connectivity index is 3.64. The first kappa shape index (κ1) is 10.8. The van der Waals surface area contributed by atoms with Crippen molar-refractivity contribution in [3.63, 3.8) is 0 Å². The zero-order chi connectivity index (χ0) is 8.85. The Morgan fingerprint density at radius 1 is 1.55 bits per heavy atom. The van der Waals surface area contributed by atoms with Crippen LogP contribution in [0.1, 0.15) is 33.6 Å². The molecule has 66 valence electrons. The average Bonchev–Trinajstić information content (AvgIpc) is 1.86. The molecule has 1 N–H and O–H groups in total. The lowest BCUT2D eigenvalue weighted by atomic mass is 10.2. The summed E-state index contributed by atoms with van der Waals surface area (Å²) in [7, 11) is 0. The van der Waals surface area contributed by atoms with Crippen LogP contribution < -0.4 is 0 Å². The normalized spacial score (nSPS) is 13.2. The highest BCUT2D eigenvalue weighted by molar-refractivity contribution is 7.80. The van der Waals surface area contributed by atoms with Gasteiger partial charge in [-0.1, -0.05) is 13.3 Å². The molecule has 0 aromatic carbocycles. The summed E-state index contributed by atoms with van der Waals surface area (Å²) in [5.41, 5.74) is 0. The average molecular weight is 176 g/mol. The maximum absolute atomic E-state index is 9.30. The Morgan fingerprint density at radius 3 is 2.45 bits per heavy atom. The minimum absolute atomic E-state index is 0.0639. The summed E-state index contributed by atoms with van der Waals surface area (Å²) in [4.78, 5) is 0. The second-order valence-electron chi connectivity index (χ2n) is 2.79. The fraction of sp³-hybridized carbons (Fsp3) is 0.875. The third-order valence-electron chi connectivity index (χ3n) is 1.19. The van der Waals surface area contributed by atoms with Crippen LogP contribution in [0.3, 0.4) is 0 Å². The van der Waals surface area contributed by atoms with Gasteiger partial charge in [-0.3, -0.25) is 0 Å². The summed E-state index contributed by atoms with van der Waals surface area (Å²) in [6.45, 7) is 5.79. The highest BCUT2D eigenvalue weighted by atomic mass is 32.1. The molecule has 0 aliphatic rings. The number of hydrogen-bond acceptors (Lipinski definition) is 3. The lowest BCUT2D eigenvalue weighted by Crippen LogP contribution is -2.23. The van der Waals surface area contributed by atoms with Gasteiger partial charge in [0.15, 0.2) is 5.05 Å². The maximum Gasteiger partial charge on any atom is 0.188 e. The summed E-state index contributed by atoms with van der Waals surface area (Å²) in [5, 5.41) is 9.62. The van der Waals surface area contributed by atoms with Gasteiger partial charge in [0.1, 0.15) is 6.10 Å². The third-order valence-corrected chi connectivity index (χ3v) is 1.55. The Hall–Kier alpha value is -0.150. The molecule has 0 fully saturated rings. The lowest BCUT2D eigenvalue weighted by Gasteiger charge is -2.14. The van der Waals surface area contributed by atoms with Gasteiger partial charge in [-0.05, 0) is 32.5 Å². The molecule has 1 atom stereocenters. The van der Waals surface area contributed by atoms with Crippen molar-refractivity contribution < 1.29 is 9.84 Å². The molecule has 0 rings (SSSR count). The molecule has 0 aliphatic heterocycles. The van der Waals surface area contributed by atoms with Crippen molar-refractivity contribution in [3.05, 3.63) is 0 Å². The van der Waals surface area contributed by atoms with Crippen molar-refractivity contribution in [2.75, 3.05) is 0 Å². The zero-order valence-electron chi connectivity index (χ0n) is 7.33. The van der Waals surface area contributed by atoms with E-state index >= 15 is 0 Å². The van der Waals surface area contributed by atoms with Crippen LogP contribution in [0.15, 0.2) is 0 Å². The SMILES string of the molecule is CCCC(O)C(=S)OC(C)C. The van der Waals surface area contributed by atoms with Crippen LogP contribution in [0.25, 0.3) is 0 Å². The molecule has 0 bridgehead atoms. The summed E-state index contributed by atoms with van der Waals surface area (Å²) in [6, 6.07) is 0. The molecule has 0 heterocycles. The highest BCUT2D eigenvalue weighted by Gasteiger charge is 2.11. The van der Waals surface area contributed by atoms with E-state index in [1.54, 1.807) is 0 Å². The van der Waals surface area contributed by atoms with Crippen molar-refractivity contribution in [1.29, 1.82) is 0 Å². The molecule has 0 aromatic rings. The van der Waals surface area contributed by atoms with Crippen LogP contribution in [-0.2, 0) is 4.74 Å². The molecular weight excluding hydrogens is 160 g/mol. The number of aliphatic hydroxyl groups is 1. The molecule has 0 spiro atoms. The number of thiocarbonyl (C=S) groups is 1. The molecule has 0 radical (unpaired) electrons. The first-order valence-corrected chi connectivity index (χ1v) is 4.37. The summed E-state index contributed by atoms with van der Waals surface area (Å²) >= 11 is 4.85. The van der Waals surface area contributed by atoms with E-state index in [-0.39, 0.29) is 6.10 Å². The number of ether oxygens (including phenoxy) is 1. The van der Waals surface area contributed by atoms with E-state index in [2.05, 4.69) is 0 Å². The minimum Gasteiger partial charge on any atom is -0.482 e. The Bertz CT molecular complexity index is 123. The molecule has 0 aliphatic carbocycles. The van der Waals surface area contributed by atoms with Crippen LogP contribution in [-0.4, -0.2) is 22.4 Å². The van der Waals surface area contributed by atoms with Gasteiger partial charge in [0.2, 0.25) is 0 Å². The molecule has 0 saturated heterocycles. The van der Waals surface area contributed by atoms with Crippen LogP contribution in [0.5, 0.6) is 0 Å². The zero-order valence-corrected chi connectivity index (χ0v) is 8.15. The van der Waals surface area contributed by atoms with E-state index in [1.165, 1.54) is 0 Å². The Labute approximate surface area is 73.6 Å². The lowest BCUT2D eigenvalue weighted by molar-refractivity contribution is 0.158. The Kier molecular flexibility index (Phi) is 5.42. The van der Waals surface area contributed by atoms with Crippen molar-refractivity contribution in [1.82, 2.24) is 0 Å². The van der Waals surface area contributed by atoms with E-state index in [0.717, 1.165) is 6.42 Å². The van der Waals surface area contributed by atoms with Gasteiger partial charge >= 0.3 is 0 Å². The van der Waals surface area contributed by atoms with Crippen molar-refractivity contribution in [2.24, 2.45) is 0 Å². The standard InChI is InChI=1S/C8H16O2S/c1-4-5-7(9)8(11)10-6(2)3/h6-7,9H,4-5H2,1-3H3.